The Balaban J connectivity index is 1.63. The molecule has 1 fully saturated rings. The zero-order valence-electron chi connectivity index (χ0n) is 13.9. The minimum absolute atomic E-state index is 1.04. The molecule has 0 radical (unpaired) electrons. The maximum absolute atomic E-state index is 4.60. The second kappa shape index (κ2) is 7.29. The number of anilines is 2. The molecule has 0 saturated carbocycles. The lowest BCUT2D eigenvalue weighted by molar-refractivity contribution is -0.884. The van der Waals surface area contributed by atoms with Crippen LogP contribution in [0, 0.1) is 0 Å². The fourth-order valence-electron chi connectivity index (χ4n) is 2.73. The van der Waals surface area contributed by atoms with Crippen molar-refractivity contribution in [3.05, 3.63) is 60.2 Å². The van der Waals surface area contributed by atoms with E-state index in [-0.39, 0.29) is 0 Å². The fourth-order valence-corrected chi connectivity index (χ4v) is 2.73. The molecular weight excluding hydrogens is 284 g/mol. The molecule has 0 unspecified atom stereocenters. The summed E-state index contributed by atoms with van der Waals surface area (Å²) >= 11 is 0. The number of rotatable bonds is 4. The van der Waals surface area contributed by atoms with Crippen LogP contribution in [0.1, 0.15) is 5.56 Å². The van der Waals surface area contributed by atoms with Gasteiger partial charge in [0.2, 0.25) is 0 Å². The zero-order chi connectivity index (χ0) is 16.1. The third-order valence-electron chi connectivity index (χ3n) is 4.39. The quantitative estimate of drug-likeness (QED) is 0.868. The number of para-hydroxylation sites is 1. The number of nitrogens with one attached hydrogen (secondary N) is 1. The highest BCUT2D eigenvalue weighted by Crippen LogP contribution is 2.22. The standard InChI is InChI=1S/C19H24N4/c1-21-12-14-23(15-13-21)20-16-17-8-10-19(11-9-17)22(2)18-6-4-3-5-7-18/h3-11,16H,12-15H2,1-2H3/p+1/b20-16-. The van der Waals surface area contributed by atoms with Crippen molar-refractivity contribution in [1.82, 2.24) is 5.01 Å². The Morgan fingerprint density at radius 1 is 0.957 bits per heavy atom. The first kappa shape index (κ1) is 15.6. The van der Waals surface area contributed by atoms with E-state index in [1.165, 1.54) is 11.4 Å². The number of quaternary nitrogens is 1. The highest BCUT2D eigenvalue weighted by atomic mass is 15.5. The average molecular weight is 309 g/mol. The Morgan fingerprint density at radius 3 is 2.22 bits per heavy atom. The Hall–Kier alpha value is -2.33. The van der Waals surface area contributed by atoms with Gasteiger partial charge in [-0.3, -0.25) is 5.01 Å². The predicted octanol–water partition coefficient (Wildman–Crippen LogP) is 1.62. The van der Waals surface area contributed by atoms with Gasteiger partial charge in [0.1, 0.15) is 0 Å². The van der Waals surface area contributed by atoms with Gasteiger partial charge in [-0.15, -0.1) is 0 Å². The third kappa shape index (κ3) is 4.11. The van der Waals surface area contributed by atoms with Gasteiger partial charge >= 0.3 is 0 Å². The molecule has 2 aromatic rings. The van der Waals surface area contributed by atoms with Gasteiger partial charge in [-0.05, 0) is 29.8 Å². The third-order valence-corrected chi connectivity index (χ3v) is 4.39. The van der Waals surface area contributed by atoms with Crippen molar-refractivity contribution >= 4 is 17.6 Å². The minimum atomic E-state index is 1.04. The van der Waals surface area contributed by atoms with Gasteiger partial charge in [0.25, 0.3) is 0 Å². The van der Waals surface area contributed by atoms with Gasteiger partial charge in [0.15, 0.2) is 0 Å². The highest BCUT2D eigenvalue weighted by Gasteiger charge is 2.13. The van der Waals surface area contributed by atoms with Crippen LogP contribution in [0.4, 0.5) is 11.4 Å². The molecule has 1 heterocycles. The van der Waals surface area contributed by atoms with E-state index < -0.39 is 0 Å². The topological polar surface area (TPSA) is 23.3 Å². The molecule has 0 aliphatic carbocycles. The first-order chi connectivity index (χ1) is 11.2. The summed E-state index contributed by atoms with van der Waals surface area (Å²) in [7, 11) is 4.33. The first-order valence-electron chi connectivity index (χ1n) is 8.21. The van der Waals surface area contributed by atoms with Gasteiger partial charge in [0, 0.05) is 18.4 Å². The second-order valence-electron chi connectivity index (χ2n) is 6.14. The normalized spacial score (nSPS) is 16.0. The van der Waals surface area contributed by atoms with Crippen LogP contribution in [-0.4, -0.2) is 51.5 Å². The predicted molar refractivity (Wildman–Crippen MR) is 96.7 cm³/mol. The average Bonchev–Trinajstić information content (AvgIpc) is 2.62. The maximum atomic E-state index is 4.60. The molecular formula is C19H25N4+. The number of likely N-dealkylation sites (N-methyl/N-ethyl adjacent to an activating group) is 1. The SMILES string of the molecule is CN(c1ccccc1)c1ccc(/C=N\N2CC[NH+](C)CC2)cc1. The molecule has 4 heteroatoms. The van der Waals surface area contributed by atoms with Gasteiger partial charge in [0.05, 0.1) is 39.4 Å². The van der Waals surface area contributed by atoms with Crippen LogP contribution in [0.2, 0.25) is 0 Å². The monoisotopic (exact) mass is 309 g/mol. The lowest BCUT2D eigenvalue weighted by Gasteiger charge is -2.27. The van der Waals surface area contributed by atoms with E-state index in [0.717, 1.165) is 31.7 Å². The minimum Gasteiger partial charge on any atom is -0.345 e. The smallest absolute Gasteiger partial charge is 0.0964 e. The van der Waals surface area contributed by atoms with Crippen LogP contribution in [0.3, 0.4) is 0 Å². The largest absolute Gasteiger partial charge is 0.345 e. The molecule has 0 aromatic heterocycles. The van der Waals surface area contributed by atoms with Crippen molar-refractivity contribution < 1.29 is 4.90 Å². The molecule has 1 saturated heterocycles. The van der Waals surface area contributed by atoms with Gasteiger partial charge in [-0.1, -0.05) is 30.3 Å². The van der Waals surface area contributed by atoms with Crippen LogP contribution in [-0.2, 0) is 0 Å². The van der Waals surface area contributed by atoms with Crippen molar-refractivity contribution in [3.63, 3.8) is 0 Å². The van der Waals surface area contributed by atoms with Crippen LogP contribution >= 0.6 is 0 Å². The van der Waals surface area contributed by atoms with Gasteiger partial charge in [-0.25, -0.2) is 0 Å². The van der Waals surface area contributed by atoms with Crippen LogP contribution in [0.25, 0.3) is 0 Å². The Labute approximate surface area is 138 Å². The van der Waals surface area contributed by atoms with Crippen LogP contribution < -0.4 is 9.80 Å². The van der Waals surface area contributed by atoms with Crippen LogP contribution in [0.5, 0.6) is 0 Å². The molecule has 3 rings (SSSR count). The molecule has 1 N–H and O–H groups in total. The number of piperazine rings is 1. The summed E-state index contributed by atoms with van der Waals surface area (Å²) in [6.07, 6.45) is 1.97. The highest BCUT2D eigenvalue weighted by molar-refractivity contribution is 5.80. The molecule has 1 aliphatic rings. The summed E-state index contributed by atoms with van der Waals surface area (Å²) in [5, 5.41) is 6.77. The molecule has 2 aromatic carbocycles. The maximum Gasteiger partial charge on any atom is 0.0964 e. The Bertz CT molecular complexity index is 628. The Morgan fingerprint density at radius 2 is 1.57 bits per heavy atom. The van der Waals surface area contributed by atoms with E-state index in [4.69, 9.17) is 0 Å². The van der Waals surface area contributed by atoms with Crippen LogP contribution in [0.15, 0.2) is 59.7 Å². The van der Waals surface area contributed by atoms with Crippen molar-refractivity contribution in [2.45, 2.75) is 0 Å². The van der Waals surface area contributed by atoms with E-state index in [1.54, 1.807) is 4.90 Å². The summed E-state index contributed by atoms with van der Waals surface area (Å²) < 4.78 is 0. The molecule has 4 nitrogen and oxygen atoms in total. The van der Waals surface area contributed by atoms with Crippen molar-refractivity contribution in [2.75, 3.05) is 45.2 Å². The van der Waals surface area contributed by atoms with Crippen molar-refractivity contribution in [2.24, 2.45) is 5.10 Å². The molecule has 0 bridgehead atoms. The summed E-state index contributed by atoms with van der Waals surface area (Å²) in [6.45, 7) is 4.41. The molecule has 0 atom stereocenters. The molecule has 1 aliphatic heterocycles. The molecule has 0 amide bonds. The lowest BCUT2D eigenvalue weighted by Crippen LogP contribution is -3.11. The van der Waals surface area contributed by atoms with Gasteiger partial charge in [-0.2, -0.15) is 5.10 Å². The lowest BCUT2D eigenvalue weighted by atomic mass is 10.2. The number of hydrazone groups is 1. The van der Waals surface area contributed by atoms with E-state index in [1.807, 2.05) is 12.3 Å². The van der Waals surface area contributed by atoms with Crippen molar-refractivity contribution in [3.8, 4) is 0 Å². The van der Waals surface area contributed by atoms with E-state index in [2.05, 4.69) is 77.6 Å². The van der Waals surface area contributed by atoms with Gasteiger partial charge < -0.3 is 9.80 Å². The zero-order valence-corrected chi connectivity index (χ0v) is 13.9. The first-order valence-corrected chi connectivity index (χ1v) is 8.21. The number of hydrogen-bond donors (Lipinski definition) is 1. The molecule has 23 heavy (non-hydrogen) atoms. The Kier molecular flexibility index (Phi) is 4.93. The van der Waals surface area contributed by atoms with E-state index >= 15 is 0 Å². The van der Waals surface area contributed by atoms with Crippen molar-refractivity contribution in [1.29, 1.82) is 0 Å². The summed E-state index contributed by atoms with van der Waals surface area (Å²) in [5.74, 6) is 0. The van der Waals surface area contributed by atoms with E-state index in [9.17, 15) is 0 Å². The molecule has 120 valence electrons. The van der Waals surface area contributed by atoms with E-state index in [0.29, 0.717) is 0 Å². The summed E-state index contributed by atoms with van der Waals surface area (Å²) in [4.78, 5) is 3.77. The molecule has 0 spiro atoms. The number of benzene rings is 2. The number of nitrogens with zero attached hydrogens (tertiary/aromatic N) is 3. The second-order valence-corrected chi connectivity index (χ2v) is 6.14. The number of hydrogen-bond acceptors (Lipinski definition) is 3. The summed E-state index contributed by atoms with van der Waals surface area (Å²) in [6, 6.07) is 18.9. The summed E-state index contributed by atoms with van der Waals surface area (Å²) in [5.41, 5.74) is 3.51. The fraction of sp³-hybridized carbons (Fsp3) is 0.316.